The highest BCUT2D eigenvalue weighted by molar-refractivity contribution is 7.99. The van der Waals surface area contributed by atoms with Gasteiger partial charge in [0.05, 0.1) is 19.8 Å². The molecule has 0 aliphatic carbocycles. The Morgan fingerprint density at radius 2 is 2.00 bits per heavy atom. The quantitative estimate of drug-likeness (QED) is 0.283. The first-order chi connectivity index (χ1) is 13.9. The predicted molar refractivity (Wildman–Crippen MR) is 116 cm³/mol. The Bertz CT molecular complexity index is 575. The molecular formula is C21H34N4O2S. The summed E-state index contributed by atoms with van der Waals surface area (Å²) in [6.07, 6.45) is 2.25. The Labute approximate surface area is 173 Å². The molecule has 0 amide bonds. The van der Waals surface area contributed by atoms with Gasteiger partial charge in [-0.15, -0.1) is 11.8 Å². The van der Waals surface area contributed by atoms with Crippen LogP contribution in [0.2, 0.25) is 0 Å². The summed E-state index contributed by atoms with van der Waals surface area (Å²) in [5, 5.41) is 7.00. The molecule has 2 aliphatic heterocycles. The molecule has 0 spiro atoms. The lowest BCUT2D eigenvalue weighted by Crippen LogP contribution is -2.53. The summed E-state index contributed by atoms with van der Waals surface area (Å²) >= 11 is 1.90. The van der Waals surface area contributed by atoms with Crippen LogP contribution < -0.4 is 10.6 Å². The summed E-state index contributed by atoms with van der Waals surface area (Å²) in [6.45, 7) is 7.24. The fraction of sp³-hybridized carbons (Fsp3) is 0.667. The first-order valence-corrected chi connectivity index (χ1v) is 11.4. The fourth-order valence-corrected chi connectivity index (χ4v) is 4.64. The summed E-state index contributed by atoms with van der Waals surface area (Å²) in [6, 6.07) is 11.0. The molecule has 2 atom stereocenters. The molecule has 1 aromatic carbocycles. The summed E-state index contributed by atoms with van der Waals surface area (Å²) in [5.74, 6) is 2.58. The molecule has 2 heterocycles. The monoisotopic (exact) mass is 406 g/mol. The number of aliphatic imine (C=N–C) groups is 1. The van der Waals surface area contributed by atoms with Gasteiger partial charge in [0.1, 0.15) is 0 Å². The second-order valence-corrected chi connectivity index (χ2v) is 8.40. The number of nitrogens with zero attached hydrogens (tertiary/aromatic N) is 2. The van der Waals surface area contributed by atoms with E-state index in [1.807, 2.05) is 18.8 Å². The molecule has 6 nitrogen and oxygen atoms in total. The van der Waals surface area contributed by atoms with Gasteiger partial charge in [-0.25, -0.2) is 0 Å². The van der Waals surface area contributed by atoms with E-state index in [9.17, 15) is 0 Å². The number of ether oxygens (including phenoxy) is 2. The van der Waals surface area contributed by atoms with Crippen molar-refractivity contribution in [1.82, 2.24) is 15.5 Å². The van der Waals surface area contributed by atoms with Crippen LogP contribution >= 0.6 is 11.8 Å². The smallest absolute Gasteiger partial charge is 0.191 e. The van der Waals surface area contributed by atoms with Crippen LogP contribution in [0, 0.1) is 5.92 Å². The average molecular weight is 407 g/mol. The third-order valence-corrected chi connectivity index (χ3v) is 6.45. The SMILES string of the molecule is CN=C(NCCCSc1ccccc1)NCC(C1CCOC1)N1CCOCC1. The summed E-state index contributed by atoms with van der Waals surface area (Å²) in [4.78, 5) is 8.29. The van der Waals surface area contributed by atoms with Crippen LogP contribution in [0.15, 0.2) is 40.2 Å². The molecule has 28 heavy (non-hydrogen) atoms. The minimum atomic E-state index is 0.471. The third-order valence-electron chi connectivity index (χ3n) is 5.35. The zero-order valence-electron chi connectivity index (χ0n) is 16.9. The van der Waals surface area contributed by atoms with Crippen LogP contribution in [0.1, 0.15) is 12.8 Å². The van der Waals surface area contributed by atoms with E-state index in [2.05, 4.69) is 50.9 Å². The lowest BCUT2D eigenvalue weighted by molar-refractivity contribution is 0.00247. The summed E-state index contributed by atoms with van der Waals surface area (Å²) < 4.78 is 11.2. The Hall–Kier alpha value is -1.28. The molecule has 2 fully saturated rings. The molecular weight excluding hydrogens is 372 g/mol. The van der Waals surface area contributed by atoms with Gasteiger partial charge in [-0.1, -0.05) is 18.2 Å². The normalized spacial score (nSPS) is 22.2. The largest absolute Gasteiger partial charge is 0.381 e. The number of nitrogens with one attached hydrogen (secondary N) is 2. The van der Waals surface area contributed by atoms with Gasteiger partial charge in [0.2, 0.25) is 0 Å². The van der Waals surface area contributed by atoms with Crippen molar-refractivity contribution in [2.75, 3.05) is 65.4 Å². The molecule has 0 bridgehead atoms. The maximum atomic E-state index is 5.66. The number of thioether (sulfide) groups is 1. The zero-order valence-corrected chi connectivity index (χ0v) is 17.8. The molecule has 2 unspecified atom stereocenters. The van der Waals surface area contributed by atoms with E-state index in [-0.39, 0.29) is 0 Å². The first kappa shape index (κ1) is 21.4. The number of benzene rings is 1. The van der Waals surface area contributed by atoms with Crippen LogP contribution in [0.25, 0.3) is 0 Å². The van der Waals surface area contributed by atoms with Crippen LogP contribution in [-0.4, -0.2) is 82.3 Å². The van der Waals surface area contributed by atoms with Crippen molar-refractivity contribution in [3.8, 4) is 0 Å². The predicted octanol–water partition coefficient (Wildman–Crippen LogP) is 2.07. The van der Waals surface area contributed by atoms with Crippen LogP contribution in [0.5, 0.6) is 0 Å². The van der Waals surface area contributed by atoms with Gasteiger partial charge >= 0.3 is 0 Å². The lowest BCUT2D eigenvalue weighted by atomic mass is 9.97. The number of rotatable bonds is 9. The minimum absolute atomic E-state index is 0.471. The molecule has 7 heteroatoms. The molecule has 2 N–H and O–H groups in total. The maximum absolute atomic E-state index is 5.66. The summed E-state index contributed by atoms with van der Waals surface area (Å²) in [7, 11) is 1.84. The van der Waals surface area contributed by atoms with Crippen molar-refractivity contribution in [3.63, 3.8) is 0 Å². The molecule has 1 aromatic rings. The Balaban J connectivity index is 1.38. The van der Waals surface area contributed by atoms with Gasteiger partial charge in [0.25, 0.3) is 0 Å². The fourth-order valence-electron chi connectivity index (χ4n) is 3.77. The molecule has 2 aliphatic rings. The molecule has 3 rings (SSSR count). The van der Waals surface area contributed by atoms with Gasteiger partial charge in [-0.2, -0.15) is 0 Å². The van der Waals surface area contributed by atoms with Crippen molar-refractivity contribution in [2.45, 2.75) is 23.8 Å². The molecule has 0 aromatic heterocycles. The Morgan fingerprint density at radius 3 is 2.71 bits per heavy atom. The van der Waals surface area contributed by atoms with E-state index < -0.39 is 0 Å². The molecule has 0 saturated carbocycles. The van der Waals surface area contributed by atoms with Crippen LogP contribution in [-0.2, 0) is 9.47 Å². The zero-order chi connectivity index (χ0) is 19.4. The number of hydrogen-bond donors (Lipinski definition) is 2. The van der Waals surface area contributed by atoms with Gasteiger partial charge in [0, 0.05) is 56.7 Å². The van der Waals surface area contributed by atoms with Gasteiger partial charge in [-0.05, 0) is 30.7 Å². The maximum Gasteiger partial charge on any atom is 0.191 e. The highest BCUT2D eigenvalue weighted by Crippen LogP contribution is 2.22. The lowest BCUT2D eigenvalue weighted by Gasteiger charge is -2.37. The number of guanidine groups is 1. The summed E-state index contributed by atoms with van der Waals surface area (Å²) in [5.41, 5.74) is 0. The van der Waals surface area contributed by atoms with E-state index in [1.165, 1.54) is 4.90 Å². The van der Waals surface area contributed by atoms with E-state index in [0.29, 0.717) is 12.0 Å². The number of hydrogen-bond acceptors (Lipinski definition) is 5. The van der Waals surface area contributed by atoms with Crippen molar-refractivity contribution >= 4 is 17.7 Å². The highest BCUT2D eigenvalue weighted by Gasteiger charge is 2.31. The minimum Gasteiger partial charge on any atom is -0.381 e. The molecule has 2 saturated heterocycles. The van der Waals surface area contributed by atoms with Crippen molar-refractivity contribution < 1.29 is 9.47 Å². The van der Waals surface area contributed by atoms with Crippen molar-refractivity contribution in [2.24, 2.45) is 10.9 Å². The molecule has 156 valence electrons. The van der Waals surface area contributed by atoms with E-state index in [4.69, 9.17) is 9.47 Å². The van der Waals surface area contributed by atoms with Crippen molar-refractivity contribution in [3.05, 3.63) is 30.3 Å². The van der Waals surface area contributed by atoms with Gasteiger partial charge in [0.15, 0.2) is 5.96 Å². The van der Waals surface area contributed by atoms with Crippen LogP contribution in [0.4, 0.5) is 0 Å². The van der Waals surface area contributed by atoms with Gasteiger partial charge in [-0.3, -0.25) is 9.89 Å². The topological polar surface area (TPSA) is 58.1 Å². The van der Waals surface area contributed by atoms with Crippen LogP contribution in [0.3, 0.4) is 0 Å². The number of morpholine rings is 1. The second kappa shape index (κ2) is 12.3. The van der Waals surface area contributed by atoms with Gasteiger partial charge < -0.3 is 20.1 Å². The Kier molecular flexibility index (Phi) is 9.43. The highest BCUT2D eigenvalue weighted by atomic mass is 32.2. The molecule has 0 radical (unpaired) electrons. The van der Waals surface area contributed by atoms with E-state index in [1.54, 1.807) is 0 Å². The third kappa shape index (κ3) is 6.95. The Morgan fingerprint density at radius 1 is 1.18 bits per heavy atom. The second-order valence-electron chi connectivity index (χ2n) is 7.23. The van der Waals surface area contributed by atoms with E-state index in [0.717, 1.165) is 77.2 Å². The first-order valence-electron chi connectivity index (χ1n) is 10.4. The standard InChI is InChI=1S/C21H34N4O2S/c1-22-21(23-9-5-15-28-19-6-3-2-4-7-19)24-16-20(18-8-12-27-17-18)25-10-13-26-14-11-25/h2-4,6-7,18,20H,5,8-17H2,1H3,(H2,22,23,24). The van der Waals surface area contributed by atoms with Crippen molar-refractivity contribution in [1.29, 1.82) is 0 Å². The average Bonchev–Trinajstić information content (AvgIpc) is 3.28. The van der Waals surface area contributed by atoms with E-state index >= 15 is 0 Å².